The summed E-state index contributed by atoms with van der Waals surface area (Å²) in [5.41, 5.74) is -0.0644. The SMILES string of the molecule is CC(C)C1(C)CC(=O)c2cc3c(cc2O1)OC(C)(C(C)C)CC3=O. The largest absolute Gasteiger partial charge is 0.486 e. The molecule has 0 saturated carbocycles. The molecule has 2 atom stereocenters. The number of ketones is 2. The molecule has 1 aromatic rings. The topological polar surface area (TPSA) is 52.6 Å². The first-order valence-electron chi connectivity index (χ1n) is 8.68. The fourth-order valence-corrected chi connectivity index (χ4v) is 3.21. The number of hydrogen-bond acceptors (Lipinski definition) is 4. The highest BCUT2D eigenvalue weighted by atomic mass is 16.5. The summed E-state index contributed by atoms with van der Waals surface area (Å²) in [5, 5.41) is 0. The Morgan fingerprint density at radius 3 is 1.50 bits per heavy atom. The molecule has 3 rings (SSSR count). The summed E-state index contributed by atoms with van der Waals surface area (Å²) in [5.74, 6) is 1.52. The zero-order valence-electron chi connectivity index (χ0n) is 15.4. The summed E-state index contributed by atoms with van der Waals surface area (Å²) in [6, 6.07) is 3.40. The van der Waals surface area contributed by atoms with Gasteiger partial charge >= 0.3 is 0 Å². The Morgan fingerprint density at radius 2 is 1.17 bits per heavy atom. The van der Waals surface area contributed by atoms with E-state index in [1.165, 1.54) is 0 Å². The molecule has 2 aliphatic rings. The minimum atomic E-state index is -0.529. The average Bonchev–Trinajstić information content (AvgIpc) is 2.45. The molecule has 0 saturated heterocycles. The molecule has 2 heterocycles. The smallest absolute Gasteiger partial charge is 0.170 e. The molecule has 1 aromatic carbocycles. The van der Waals surface area contributed by atoms with E-state index in [1.807, 2.05) is 41.5 Å². The molecule has 24 heavy (non-hydrogen) atoms. The summed E-state index contributed by atoms with van der Waals surface area (Å²) in [4.78, 5) is 25.2. The Morgan fingerprint density at radius 1 is 0.792 bits per heavy atom. The van der Waals surface area contributed by atoms with Crippen molar-refractivity contribution in [2.75, 3.05) is 0 Å². The van der Waals surface area contributed by atoms with Gasteiger partial charge in [-0.1, -0.05) is 27.7 Å². The number of rotatable bonds is 2. The van der Waals surface area contributed by atoms with Crippen LogP contribution in [-0.2, 0) is 0 Å². The summed E-state index contributed by atoms with van der Waals surface area (Å²) < 4.78 is 12.3. The van der Waals surface area contributed by atoms with Crippen molar-refractivity contribution >= 4 is 11.6 Å². The molecule has 0 spiro atoms. The van der Waals surface area contributed by atoms with E-state index in [1.54, 1.807) is 12.1 Å². The third kappa shape index (κ3) is 2.52. The van der Waals surface area contributed by atoms with Gasteiger partial charge < -0.3 is 9.47 Å². The Hall–Kier alpha value is -1.84. The average molecular weight is 330 g/mol. The van der Waals surface area contributed by atoms with Gasteiger partial charge in [-0.25, -0.2) is 0 Å². The number of hydrogen-bond donors (Lipinski definition) is 0. The van der Waals surface area contributed by atoms with Crippen LogP contribution in [0.25, 0.3) is 0 Å². The minimum absolute atomic E-state index is 0.0280. The maximum absolute atomic E-state index is 12.6. The van der Waals surface area contributed by atoms with Crippen LogP contribution in [0.1, 0.15) is 75.1 Å². The first kappa shape index (κ1) is 17.0. The van der Waals surface area contributed by atoms with Crippen LogP contribution >= 0.6 is 0 Å². The number of benzene rings is 1. The molecule has 0 radical (unpaired) electrons. The van der Waals surface area contributed by atoms with Gasteiger partial charge in [0.05, 0.1) is 24.0 Å². The van der Waals surface area contributed by atoms with Gasteiger partial charge in [-0.15, -0.1) is 0 Å². The molecule has 130 valence electrons. The molecule has 0 aliphatic carbocycles. The zero-order chi connectivity index (χ0) is 17.9. The summed E-state index contributed by atoms with van der Waals surface area (Å²) in [6.07, 6.45) is 0.657. The predicted octanol–water partition coefficient (Wildman–Crippen LogP) is 4.45. The van der Waals surface area contributed by atoms with E-state index >= 15 is 0 Å². The third-order valence-electron chi connectivity index (χ3n) is 5.83. The Kier molecular flexibility index (Phi) is 3.78. The number of carbonyl (C=O) groups is 2. The van der Waals surface area contributed by atoms with Crippen LogP contribution in [0.15, 0.2) is 12.1 Å². The Bertz CT molecular complexity index is 661. The first-order chi connectivity index (χ1) is 11.1. The molecule has 4 heteroatoms. The molecule has 0 N–H and O–H groups in total. The normalized spacial score (nSPS) is 29.2. The second-order valence-corrected chi connectivity index (χ2v) is 8.18. The molecule has 0 bridgehead atoms. The lowest BCUT2D eigenvalue weighted by Crippen LogP contribution is -2.45. The second-order valence-electron chi connectivity index (χ2n) is 8.18. The van der Waals surface area contributed by atoms with Gasteiger partial charge in [0.25, 0.3) is 0 Å². The van der Waals surface area contributed by atoms with Gasteiger partial charge in [0.2, 0.25) is 0 Å². The van der Waals surface area contributed by atoms with E-state index in [-0.39, 0.29) is 23.4 Å². The van der Waals surface area contributed by atoms with Crippen molar-refractivity contribution in [3.8, 4) is 11.5 Å². The molecule has 2 unspecified atom stereocenters. The lowest BCUT2D eigenvalue weighted by atomic mass is 9.80. The predicted molar refractivity (Wildman–Crippen MR) is 92.1 cm³/mol. The van der Waals surface area contributed by atoms with E-state index < -0.39 is 11.2 Å². The monoisotopic (exact) mass is 330 g/mol. The summed E-state index contributed by atoms with van der Waals surface area (Å²) in [7, 11) is 0. The van der Waals surface area contributed by atoms with E-state index in [0.29, 0.717) is 35.5 Å². The van der Waals surface area contributed by atoms with Gasteiger partial charge in [-0.05, 0) is 31.7 Å². The fourth-order valence-electron chi connectivity index (χ4n) is 3.21. The number of fused-ring (bicyclic) bond motifs is 2. The fraction of sp³-hybridized carbons (Fsp3) is 0.600. The second kappa shape index (κ2) is 5.33. The molecule has 0 amide bonds. The van der Waals surface area contributed by atoms with Crippen LogP contribution in [0, 0.1) is 11.8 Å². The lowest BCUT2D eigenvalue weighted by molar-refractivity contribution is 0.0147. The van der Waals surface area contributed by atoms with Crippen molar-refractivity contribution in [1.82, 2.24) is 0 Å². The Labute approximate surface area is 143 Å². The van der Waals surface area contributed by atoms with Crippen LogP contribution in [0.4, 0.5) is 0 Å². The third-order valence-corrected chi connectivity index (χ3v) is 5.83. The van der Waals surface area contributed by atoms with E-state index in [4.69, 9.17) is 9.47 Å². The summed E-state index contributed by atoms with van der Waals surface area (Å²) in [6.45, 7) is 12.1. The number of carbonyl (C=O) groups excluding carboxylic acids is 2. The molecule has 0 aromatic heterocycles. The highest BCUT2D eigenvalue weighted by Crippen LogP contribution is 2.44. The number of ether oxygens (including phenoxy) is 2. The first-order valence-corrected chi connectivity index (χ1v) is 8.68. The Balaban J connectivity index is 2.08. The maximum atomic E-state index is 12.6. The van der Waals surface area contributed by atoms with E-state index in [9.17, 15) is 9.59 Å². The highest BCUT2D eigenvalue weighted by Gasteiger charge is 2.43. The zero-order valence-corrected chi connectivity index (χ0v) is 15.4. The van der Waals surface area contributed by atoms with E-state index in [0.717, 1.165) is 0 Å². The van der Waals surface area contributed by atoms with Crippen molar-refractivity contribution in [1.29, 1.82) is 0 Å². The highest BCUT2D eigenvalue weighted by molar-refractivity contribution is 6.06. The standard InChI is InChI=1S/C20H26O4/c1-11(2)19(5)9-15(21)13-7-14-16(22)10-20(6,12(3)4)24-18(14)8-17(13)23-19/h7-8,11-12H,9-10H2,1-6H3. The molecule has 2 aliphatic heterocycles. The van der Waals surface area contributed by atoms with Crippen LogP contribution in [0.5, 0.6) is 11.5 Å². The van der Waals surface area contributed by atoms with Crippen LogP contribution in [0.2, 0.25) is 0 Å². The molecular formula is C20H26O4. The van der Waals surface area contributed by atoms with Gasteiger partial charge in [0, 0.05) is 6.07 Å². The molecule has 4 nitrogen and oxygen atoms in total. The van der Waals surface area contributed by atoms with Crippen molar-refractivity contribution in [2.24, 2.45) is 11.8 Å². The van der Waals surface area contributed by atoms with Gasteiger partial charge in [0.15, 0.2) is 11.6 Å². The van der Waals surface area contributed by atoms with Crippen molar-refractivity contribution < 1.29 is 19.1 Å². The van der Waals surface area contributed by atoms with Gasteiger partial charge in [-0.3, -0.25) is 9.59 Å². The van der Waals surface area contributed by atoms with Crippen LogP contribution in [-0.4, -0.2) is 22.8 Å². The molecular weight excluding hydrogens is 304 g/mol. The quantitative estimate of drug-likeness (QED) is 0.804. The lowest BCUT2D eigenvalue weighted by Gasteiger charge is -2.41. The summed E-state index contributed by atoms with van der Waals surface area (Å²) >= 11 is 0. The van der Waals surface area contributed by atoms with Gasteiger partial charge in [-0.2, -0.15) is 0 Å². The van der Waals surface area contributed by atoms with E-state index in [2.05, 4.69) is 0 Å². The molecule has 0 fully saturated rings. The van der Waals surface area contributed by atoms with Crippen molar-refractivity contribution in [3.63, 3.8) is 0 Å². The maximum Gasteiger partial charge on any atom is 0.170 e. The van der Waals surface area contributed by atoms with Crippen molar-refractivity contribution in [2.45, 2.75) is 65.6 Å². The number of Topliss-reactive ketones (excluding diaryl/α,β-unsaturated/α-hetero) is 2. The van der Waals surface area contributed by atoms with Gasteiger partial charge in [0.1, 0.15) is 22.7 Å². The van der Waals surface area contributed by atoms with Crippen molar-refractivity contribution in [3.05, 3.63) is 23.3 Å². The minimum Gasteiger partial charge on any atom is -0.486 e. The van der Waals surface area contributed by atoms with Crippen LogP contribution < -0.4 is 9.47 Å². The van der Waals surface area contributed by atoms with Crippen LogP contribution in [0.3, 0.4) is 0 Å².